The number of rotatable bonds is 12. The molecule has 0 saturated carbocycles. The molecule has 158 valence electrons. The van der Waals surface area contributed by atoms with Gasteiger partial charge in [0.15, 0.2) is 0 Å². The van der Waals surface area contributed by atoms with Crippen LogP contribution in [0, 0.1) is 0 Å². The van der Waals surface area contributed by atoms with Gasteiger partial charge in [0.2, 0.25) is 0 Å². The number of allylic oxidation sites excluding steroid dienone is 7. The van der Waals surface area contributed by atoms with Crippen molar-refractivity contribution in [2.75, 3.05) is 6.61 Å². The summed E-state index contributed by atoms with van der Waals surface area (Å²) in [7, 11) is 0. The Bertz CT molecular complexity index is 735. The standard InChI is InChI=1S/C26H37NO2/c1-21(2)10-6-11-22(3)12-7-13-23(4)14-8-15-24(5)17-19-29-26(28)25-16-9-18-27-20-25/h9-10,12,14,16-18,20H,6-8,11,13,15,19H2,1-5H3/b22-12+,23-14+,24-17+. The van der Waals surface area contributed by atoms with Crippen molar-refractivity contribution in [3.8, 4) is 0 Å². The van der Waals surface area contributed by atoms with Gasteiger partial charge >= 0.3 is 5.97 Å². The van der Waals surface area contributed by atoms with Crippen LogP contribution in [0.2, 0.25) is 0 Å². The van der Waals surface area contributed by atoms with Crippen LogP contribution in [-0.4, -0.2) is 17.6 Å². The fourth-order valence-electron chi connectivity index (χ4n) is 2.81. The van der Waals surface area contributed by atoms with Gasteiger partial charge in [-0.15, -0.1) is 0 Å². The molecular formula is C26H37NO2. The molecule has 0 aromatic carbocycles. The van der Waals surface area contributed by atoms with Crippen LogP contribution in [0.5, 0.6) is 0 Å². The molecule has 0 aliphatic carbocycles. The Morgan fingerprint density at radius 3 is 1.93 bits per heavy atom. The molecule has 0 saturated heterocycles. The Morgan fingerprint density at radius 1 is 0.862 bits per heavy atom. The van der Waals surface area contributed by atoms with Gasteiger partial charge in [0.05, 0.1) is 5.56 Å². The third-order valence-corrected chi connectivity index (χ3v) is 4.70. The topological polar surface area (TPSA) is 39.2 Å². The molecule has 29 heavy (non-hydrogen) atoms. The van der Waals surface area contributed by atoms with Crippen LogP contribution < -0.4 is 0 Å². The third-order valence-electron chi connectivity index (χ3n) is 4.70. The van der Waals surface area contributed by atoms with Gasteiger partial charge in [0, 0.05) is 12.4 Å². The molecule has 0 aliphatic heterocycles. The second kappa shape index (κ2) is 14.6. The monoisotopic (exact) mass is 395 g/mol. The quantitative estimate of drug-likeness (QED) is 0.274. The predicted molar refractivity (Wildman–Crippen MR) is 123 cm³/mol. The summed E-state index contributed by atoms with van der Waals surface area (Å²) in [5.41, 5.74) is 6.04. The van der Waals surface area contributed by atoms with E-state index < -0.39 is 0 Å². The average molecular weight is 396 g/mol. The maximum absolute atomic E-state index is 11.9. The van der Waals surface area contributed by atoms with Crippen LogP contribution in [0.15, 0.2) is 71.1 Å². The molecule has 3 heteroatoms. The summed E-state index contributed by atoms with van der Waals surface area (Å²) in [5, 5.41) is 0. The number of carbonyl (C=O) groups excluding carboxylic acids is 1. The van der Waals surface area contributed by atoms with E-state index in [9.17, 15) is 4.79 Å². The molecular weight excluding hydrogens is 358 g/mol. The molecule has 0 spiro atoms. The number of hydrogen-bond acceptors (Lipinski definition) is 3. The number of pyridine rings is 1. The van der Waals surface area contributed by atoms with Gasteiger partial charge in [-0.05, 0) is 91.4 Å². The van der Waals surface area contributed by atoms with E-state index in [-0.39, 0.29) is 5.97 Å². The van der Waals surface area contributed by atoms with E-state index in [2.05, 4.69) is 57.8 Å². The van der Waals surface area contributed by atoms with E-state index in [0.717, 1.165) is 38.5 Å². The second-order valence-electron chi connectivity index (χ2n) is 7.89. The number of aromatic nitrogens is 1. The van der Waals surface area contributed by atoms with Gasteiger partial charge in [-0.3, -0.25) is 4.98 Å². The van der Waals surface area contributed by atoms with Crippen molar-refractivity contribution in [3.63, 3.8) is 0 Å². The van der Waals surface area contributed by atoms with E-state index in [1.54, 1.807) is 18.3 Å². The Kier molecular flexibility index (Phi) is 12.4. The van der Waals surface area contributed by atoms with Crippen molar-refractivity contribution in [1.29, 1.82) is 0 Å². The van der Waals surface area contributed by atoms with Crippen molar-refractivity contribution in [3.05, 3.63) is 76.7 Å². The van der Waals surface area contributed by atoms with E-state index >= 15 is 0 Å². The SMILES string of the molecule is CC(C)=CCC/C(C)=C/CC/C(C)=C/CC/C(C)=C/COC(=O)c1cccnc1. The highest BCUT2D eigenvalue weighted by Crippen LogP contribution is 2.13. The lowest BCUT2D eigenvalue weighted by molar-refractivity contribution is 0.0548. The van der Waals surface area contributed by atoms with Crippen LogP contribution in [-0.2, 0) is 4.74 Å². The molecule has 0 bridgehead atoms. The summed E-state index contributed by atoms with van der Waals surface area (Å²) in [6.07, 6.45) is 18.7. The first-order valence-electron chi connectivity index (χ1n) is 10.6. The predicted octanol–water partition coefficient (Wildman–Crippen LogP) is 7.38. The lowest BCUT2D eigenvalue weighted by Crippen LogP contribution is -2.05. The highest BCUT2D eigenvalue weighted by molar-refractivity contribution is 5.88. The van der Waals surface area contributed by atoms with E-state index in [1.807, 2.05) is 6.08 Å². The number of ether oxygens (including phenoxy) is 1. The summed E-state index contributed by atoms with van der Waals surface area (Å²) < 4.78 is 5.26. The zero-order chi connectivity index (χ0) is 21.5. The van der Waals surface area contributed by atoms with Crippen LogP contribution in [0.25, 0.3) is 0 Å². The number of carbonyl (C=O) groups is 1. The van der Waals surface area contributed by atoms with Crippen molar-refractivity contribution < 1.29 is 9.53 Å². The summed E-state index contributed by atoms with van der Waals surface area (Å²) >= 11 is 0. The van der Waals surface area contributed by atoms with Crippen LogP contribution in [0.3, 0.4) is 0 Å². The molecule has 0 radical (unpaired) electrons. The molecule has 0 amide bonds. The number of esters is 1. The van der Waals surface area contributed by atoms with Crippen molar-refractivity contribution in [1.82, 2.24) is 4.98 Å². The molecule has 0 fully saturated rings. The fourth-order valence-corrected chi connectivity index (χ4v) is 2.81. The molecule has 0 N–H and O–H groups in total. The summed E-state index contributed by atoms with van der Waals surface area (Å²) in [5.74, 6) is -0.331. The Hall–Kier alpha value is -2.42. The third kappa shape index (κ3) is 12.6. The maximum Gasteiger partial charge on any atom is 0.340 e. The van der Waals surface area contributed by atoms with Gasteiger partial charge in [0.1, 0.15) is 6.61 Å². The van der Waals surface area contributed by atoms with Gasteiger partial charge < -0.3 is 4.74 Å². The van der Waals surface area contributed by atoms with Crippen LogP contribution in [0.1, 0.15) is 83.5 Å². The second-order valence-corrected chi connectivity index (χ2v) is 7.89. The van der Waals surface area contributed by atoms with Crippen molar-refractivity contribution in [2.24, 2.45) is 0 Å². The minimum absolute atomic E-state index is 0.305. The first-order chi connectivity index (χ1) is 13.9. The van der Waals surface area contributed by atoms with Crippen molar-refractivity contribution >= 4 is 5.97 Å². The fraction of sp³-hybridized carbons (Fsp3) is 0.462. The van der Waals surface area contributed by atoms with Crippen molar-refractivity contribution in [2.45, 2.75) is 73.1 Å². The lowest BCUT2D eigenvalue weighted by Gasteiger charge is -2.04. The molecule has 1 aromatic heterocycles. The molecule has 1 heterocycles. The molecule has 1 aromatic rings. The van der Waals surface area contributed by atoms with Gasteiger partial charge in [-0.1, -0.05) is 40.5 Å². The number of nitrogens with zero attached hydrogens (tertiary/aromatic N) is 1. The smallest absolute Gasteiger partial charge is 0.340 e. The van der Waals surface area contributed by atoms with E-state index in [4.69, 9.17) is 4.74 Å². The van der Waals surface area contributed by atoms with E-state index in [1.165, 1.54) is 28.5 Å². The summed E-state index contributed by atoms with van der Waals surface area (Å²) in [6, 6.07) is 3.44. The molecule has 0 atom stereocenters. The first-order valence-corrected chi connectivity index (χ1v) is 10.6. The minimum Gasteiger partial charge on any atom is -0.458 e. The largest absolute Gasteiger partial charge is 0.458 e. The molecule has 3 nitrogen and oxygen atoms in total. The Morgan fingerprint density at radius 2 is 1.41 bits per heavy atom. The lowest BCUT2D eigenvalue weighted by atomic mass is 10.0. The molecule has 0 aliphatic rings. The molecule has 1 rings (SSSR count). The number of hydrogen-bond donors (Lipinski definition) is 0. The van der Waals surface area contributed by atoms with Gasteiger partial charge in [-0.2, -0.15) is 0 Å². The average Bonchev–Trinajstić information content (AvgIpc) is 2.68. The highest BCUT2D eigenvalue weighted by Gasteiger charge is 2.05. The Labute approximate surface area is 177 Å². The normalized spacial score (nSPS) is 12.7. The maximum atomic E-state index is 11.9. The molecule has 0 unspecified atom stereocenters. The first kappa shape index (κ1) is 24.6. The summed E-state index contributed by atoms with van der Waals surface area (Å²) in [4.78, 5) is 15.8. The zero-order valence-corrected chi connectivity index (χ0v) is 18.8. The van der Waals surface area contributed by atoms with E-state index in [0.29, 0.717) is 12.2 Å². The Balaban J connectivity index is 2.24. The highest BCUT2D eigenvalue weighted by atomic mass is 16.5. The van der Waals surface area contributed by atoms with Gasteiger partial charge in [0.25, 0.3) is 0 Å². The summed E-state index contributed by atoms with van der Waals surface area (Å²) in [6.45, 7) is 11.1. The van der Waals surface area contributed by atoms with Gasteiger partial charge in [-0.25, -0.2) is 4.79 Å². The minimum atomic E-state index is -0.331. The van der Waals surface area contributed by atoms with Crippen LogP contribution >= 0.6 is 0 Å². The zero-order valence-electron chi connectivity index (χ0n) is 18.8. The van der Waals surface area contributed by atoms with Crippen LogP contribution in [0.4, 0.5) is 0 Å².